The Hall–Kier alpha value is -2.54. The number of hydrogen-bond acceptors (Lipinski definition) is 5. The summed E-state index contributed by atoms with van der Waals surface area (Å²) in [5, 5.41) is 0. The van der Waals surface area contributed by atoms with Crippen LogP contribution in [0.2, 0.25) is 0 Å². The van der Waals surface area contributed by atoms with Crippen molar-refractivity contribution in [2.45, 2.75) is 32.9 Å². The van der Waals surface area contributed by atoms with Crippen LogP contribution >= 0.6 is 0 Å². The Morgan fingerprint density at radius 3 is 2.33 bits per heavy atom. The van der Waals surface area contributed by atoms with E-state index in [1.807, 2.05) is 13.8 Å². The lowest BCUT2D eigenvalue weighted by atomic mass is 10.1. The molecule has 0 saturated carbocycles. The molecular weight excluding hydrogens is 366 g/mol. The second-order valence-electron chi connectivity index (χ2n) is 6.35. The van der Waals surface area contributed by atoms with Crippen LogP contribution in [0.25, 0.3) is 0 Å². The summed E-state index contributed by atoms with van der Waals surface area (Å²) >= 11 is 0. The molecule has 0 aliphatic rings. The Morgan fingerprint density at radius 1 is 1.11 bits per heavy atom. The SMILES string of the molecule is CCC(C)N(Cc1ccc(OS(C)(=O)=O)cc1)C(=O)c1cccc(OC)c1. The fourth-order valence-electron chi connectivity index (χ4n) is 2.59. The van der Waals surface area contributed by atoms with Crippen LogP contribution in [0.4, 0.5) is 0 Å². The van der Waals surface area contributed by atoms with Crippen molar-refractivity contribution in [3.63, 3.8) is 0 Å². The third-order valence-corrected chi connectivity index (χ3v) is 4.72. The molecule has 0 bridgehead atoms. The van der Waals surface area contributed by atoms with Crippen LogP contribution < -0.4 is 8.92 Å². The lowest BCUT2D eigenvalue weighted by Gasteiger charge is -2.29. The van der Waals surface area contributed by atoms with Gasteiger partial charge in [0.15, 0.2) is 0 Å². The van der Waals surface area contributed by atoms with Gasteiger partial charge in [0.25, 0.3) is 5.91 Å². The highest BCUT2D eigenvalue weighted by molar-refractivity contribution is 7.86. The molecule has 0 aliphatic carbocycles. The lowest BCUT2D eigenvalue weighted by molar-refractivity contribution is 0.0671. The number of carbonyl (C=O) groups is 1. The van der Waals surface area contributed by atoms with E-state index in [1.165, 1.54) is 0 Å². The molecule has 0 radical (unpaired) electrons. The van der Waals surface area contributed by atoms with E-state index in [1.54, 1.807) is 60.5 Å². The van der Waals surface area contributed by atoms with Gasteiger partial charge in [-0.05, 0) is 49.2 Å². The second-order valence-corrected chi connectivity index (χ2v) is 7.93. The van der Waals surface area contributed by atoms with E-state index in [-0.39, 0.29) is 17.7 Å². The third-order valence-electron chi connectivity index (χ3n) is 4.22. The smallest absolute Gasteiger partial charge is 0.306 e. The monoisotopic (exact) mass is 391 g/mol. The maximum atomic E-state index is 13.0. The Morgan fingerprint density at radius 2 is 1.78 bits per heavy atom. The van der Waals surface area contributed by atoms with Crippen molar-refractivity contribution >= 4 is 16.0 Å². The largest absolute Gasteiger partial charge is 0.497 e. The highest BCUT2D eigenvalue weighted by Crippen LogP contribution is 2.20. The van der Waals surface area contributed by atoms with Crippen LogP contribution in [0, 0.1) is 0 Å². The van der Waals surface area contributed by atoms with E-state index < -0.39 is 10.1 Å². The van der Waals surface area contributed by atoms with Crippen molar-refractivity contribution in [3.05, 3.63) is 59.7 Å². The van der Waals surface area contributed by atoms with Crippen molar-refractivity contribution in [2.24, 2.45) is 0 Å². The van der Waals surface area contributed by atoms with E-state index in [0.29, 0.717) is 17.9 Å². The molecule has 0 spiro atoms. The fourth-order valence-corrected chi connectivity index (χ4v) is 3.05. The van der Waals surface area contributed by atoms with E-state index in [2.05, 4.69) is 0 Å². The Bertz CT molecular complexity index is 878. The molecule has 1 amide bonds. The van der Waals surface area contributed by atoms with Crippen LogP contribution in [-0.2, 0) is 16.7 Å². The summed E-state index contributed by atoms with van der Waals surface area (Å²) in [6, 6.07) is 13.8. The van der Waals surface area contributed by atoms with Crippen LogP contribution in [0.1, 0.15) is 36.2 Å². The second kappa shape index (κ2) is 8.90. The van der Waals surface area contributed by atoms with Crippen LogP contribution in [-0.4, -0.2) is 38.6 Å². The van der Waals surface area contributed by atoms with E-state index >= 15 is 0 Å². The van der Waals surface area contributed by atoms with Crippen molar-refractivity contribution in [3.8, 4) is 11.5 Å². The molecule has 0 saturated heterocycles. The summed E-state index contributed by atoms with van der Waals surface area (Å²) in [4.78, 5) is 14.8. The first-order valence-corrected chi connectivity index (χ1v) is 10.5. The van der Waals surface area contributed by atoms with E-state index in [9.17, 15) is 13.2 Å². The zero-order chi connectivity index (χ0) is 20.0. The summed E-state index contributed by atoms with van der Waals surface area (Å²) in [6.07, 6.45) is 1.81. The summed E-state index contributed by atoms with van der Waals surface area (Å²) in [5.41, 5.74) is 1.44. The van der Waals surface area contributed by atoms with Crippen molar-refractivity contribution < 1.29 is 22.1 Å². The molecular formula is C20H25NO5S. The molecule has 2 aromatic rings. The molecule has 0 N–H and O–H groups in total. The van der Waals surface area contributed by atoms with Gasteiger partial charge in [-0.1, -0.05) is 25.1 Å². The van der Waals surface area contributed by atoms with Gasteiger partial charge in [-0.25, -0.2) is 0 Å². The van der Waals surface area contributed by atoms with Gasteiger partial charge in [0.1, 0.15) is 11.5 Å². The van der Waals surface area contributed by atoms with Crippen molar-refractivity contribution in [1.29, 1.82) is 0 Å². The minimum absolute atomic E-state index is 0.0376. The topological polar surface area (TPSA) is 72.9 Å². The van der Waals surface area contributed by atoms with Gasteiger partial charge >= 0.3 is 10.1 Å². The van der Waals surface area contributed by atoms with Gasteiger partial charge in [0.05, 0.1) is 13.4 Å². The molecule has 0 aromatic heterocycles. The zero-order valence-electron chi connectivity index (χ0n) is 16.0. The fraction of sp³-hybridized carbons (Fsp3) is 0.350. The third kappa shape index (κ3) is 5.99. The molecule has 0 heterocycles. The average Bonchev–Trinajstić information content (AvgIpc) is 2.65. The minimum atomic E-state index is -3.56. The van der Waals surface area contributed by atoms with Gasteiger partial charge in [-0.2, -0.15) is 8.42 Å². The quantitative estimate of drug-likeness (QED) is 0.644. The van der Waals surface area contributed by atoms with Crippen LogP contribution in [0.15, 0.2) is 48.5 Å². The van der Waals surface area contributed by atoms with Crippen LogP contribution in [0.5, 0.6) is 11.5 Å². The number of amides is 1. The van der Waals surface area contributed by atoms with E-state index in [4.69, 9.17) is 8.92 Å². The van der Waals surface area contributed by atoms with Gasteiger partial charge in [0, 0.05) is 18.2 Å². The van der Waals surface area contributed by atoms with E-state index in [0.717, 1.165) is 18.2 Å². The molecule has 1 unspecified atom stereocenters. The summed E-state index contributed by atoms with van der Waals surface area (Å²) < 4.78 is 32.5. The van der Waals surface area contributed by atoms with Gasteiger partial charge in [-0.15, -0.1) is 0 Å². The molecule has 0 fully saturated rings. The van der Waals surface area contributed by atoms with Crippen molar-refractivity contribution in [1.82, 2.24) is 4.90 Å². The zero-order valence-corrected chi connectivity index (χ0v) is 16.8. The molecule has 2 aromatic carbocycles. The van der Waals surface area contributed by atoms with Gasteiger partial charge in [0.2, 0.25) is 0 Å². The molecule has 7 heteroatoms. The number of hydrogen-bond donors (Lipinski definition) is 0. The standard InChI is InChI=1S/C20H25NO5S/c1-5-15(2)21(20(22)17-7-6-8-19(13-17)25-3)14-16-9-11-18(12-10-16)26-27(4,23)24/h6-13,15H,5,14H2,1-4H3. The predicted octanol–water partition coefficient (Wildman–Crippen LogP) is 3.47. The predicted molar refractivity (Wildman–Crippen MR) is 105 cm³/mol. The molecule has 1 atom stereocenters. The first-order chi connectivity index (χ1) is 12.7. The Balaban J connectivity index is 2.22. The van der Waals surface area contributed by atoms with Gasteiger partial charge < -0.3 is 13.8 Å². The Kier molecular flexibility index (Phi) is 6.85. The molecule has 6 nitrogen and oxygen atoms in total. The van der Waals surface area contributed by atoms with Crippen LogP contribution in [0.3, 0.4) is 0 Å². The molecule has 0 aliphatic heterocycles. The maximum absolute atomic E-state index is 13.0. The number of ether oxygens (including phenoxy) is 1. The number of nitrogens with zero attached hydrogens (tertiary/aromatic N) is 1. The molecule has 27 heavy (non-hydrogen) atoms. The minimum Gasteiger partial charge on any atom is -0.497 e. The Labute approximate surface area is 160 Å². The van der Waals surface area contributed by atoms with Gasteiger partial charge in [-0.3, -0.25) is 4.79 Å². The normalized spacial score (nSPS) is 12.3. The lowest BCUT2D eigenvalue weighted by Crippen LogP contribution is -2.37. The number of rotatable bonds is 8. The molecule has 146 valence electrons. The molecule has 2 rings (SSSR count). The number of benzene rings is 2. The first-order valence-electron chi connectivity index (χ1n) is 8.67. The summed E-state index contributed by atoms with van der Waals surface area (Å²) in [6.45, 7) is 4.43. The maximum Gasteiger partial charge on any atom is 0.306 e. The number of methoxy groups -OCH3 is 1. The average molecular weight is 391 g/mol. The number of carbonyl (C=O) groups excluding carboxylic acids is 1. The first kappa shape index (κ1) is 20.8. The van der Waals surface area contributed by atoms with Crippen molar-refractivity contribution in [2.75, 3.05) is 13.4 Å². The summed E-state index contributed by atoms with van der Waals surface area (Å²) in [7, 11) is -2.00. The highest BCUT2D eigenvalue weighted by Gasteiger charge is 2.21. The highest BCUT2D eigenvalue weighted by atomic mass is 32.2. The summed E-state index contributed by atoms with van der Waals surface area (Å²) in [5.74, 6) is 0.794.